The quantitative estimate of drug-likeness (QED) is 0.734. The van der Waals surface area contributed by atoms with Crippen LogP contribution in [0.5, 0.6) is 0 Å². The first kappa shape index (κ1) is 12.8. The van der Waals surface area contributed by atoms with Gasteiger partial charge in [0.25, 0.3) is 0 Å². The van der Waals surface area contributed by atoms with Crippen LogP contribution in [0.15, 0.2) is 0 Å². The van der Waals surface area contributed by atoms with Gasteiger partial charge in [0.2, 0.25) is 0 Å². The molecule has 3 nitrogen and oxygen atoms in total. The maximum Gasteiger partial charge on any atom is 0.310 e. The number of carbonyl (C=O) groups is 1. The molecular formula is C11H21NO2S. The van der Waals surface area contributed by atoms with Crippen molar-refractivity contribution in [3.8, 4) is 0 Å². The highest BCUT2D eigenvalue weighted by Crippen LogP contribution is 2.42. The molecule has 0 aliphatic heterocycles. The highest BCUT2D eigenvalue weighted by Gasteiger charge is 2.36. The topological polar surface area (TPSA) is 49.3 Å². The molecule has 0 bridgehead atoms. The van der Waals surface area contributed by atoms with Crippen LogP contribution in [0, 0.1) is 5.41 Å². The van der Waals surface area contributed by atoms with Crippen molar-refractivity contribution in [1.29, 1.82) is 0 Å². The molecule has 0 unspecified atom stereocenters. The number of nitrogens with one attached hydrogen (secondary N) is 1. The van der Waals surface area contributed by atoms with Crippen LogP contribution in [-0.4, -0.2) is 35.2 Å². The number of carboxylic acid groups (broad SMARTS) is 1. The van der Waals surface area contributed by atoms with E-state index < -0.39 is 11.4 Å². The summed E-state index contributed by atoms with van der Waals surface area (Å²) in [6.07, 6.45) is 5.97. The summed E-state index contributed by atoms with van der Waals surface area (Å²) in [7, 11) is 0. The lowest BCUT2D eigenvalue weighted by Crippen LogP contribution is -2.46. The largest absolute Gasteiger partial charge is 0.481 e. The fourth-order valence-corrected chi connectivity index (χ4v) is 2.65. The van der Waals surface area contributed by atoms with Crippen LogP contribution in [0.4, 0.5) is 0 Å². The second-order valence-corrected chi connectivity index (χ2v) is 6.31. The Morgan fingerprint density at radius 1 is 1.53 bits per heavy atom. The van der Waals surface area contributed by atoms with Gasteiger partial charge in [0.05, 0.1) is 5.41 Å². The van der Waals surface area contributed by atoms with Crippen LogP contribution >= 0.6 is 11.8 Å². The van der Waals surface area contributed by atoms with Gasteiger partial charge in [-0.3, -0.25) is 4.79 Å². The van der Waals surface area contributed by atoms with E-state index in [1.807, 2.05) is 11.8 Å². The van der Waals surface area contributed by atoms with Crippen molar-refractivity contribution in [2.24, 2.45) is 5.41 Å². The molecule has 1 rings (SSSR count). The van der Waals surface area contributed by atoms with E-state index in [0.717, 1.165) is 6.54 Å². The molecule has 0 aromatic carbocycles. The van der Waals surface area contributed by atoms with E-state index in [1.165, 1.54) is 19.3 Å². The molecule has 0 saturated heterocycles. The van der Waals surface area contributed by atoms with E-state index in [1.54, 1.807) is 13.8 Å². The second-order valence-electron chi connectivity index (χ2n) is 5.03. The molecule has 0 spiro atoms. The standard InChI is InChI=1S/C11H21NO2S/c1-10(2,9(13)14)7-12-8-11(15-3)5-4-6-11/h12H,4-8H2,1-3H3,(H,13,14). The monoisotopic (exact) mass is 231 g/mol. The van der Waals surface area contributed by atoms with E-state index in [9.17, 15) is 4.79 Å². The number of thioether (sulfide) groups is 1. The van der Waals surface area contributed by atoms with Gasteiger partial charge in [0.15, 0.2) is 0 Å². The number of carboxylic acids is 1. The van der Waals surface area contributed by atoms with E-state index in [0.29, 0.717) is 11.3 Å². The number of hydrogen-bond donors (Lipinski definition) is 2. The Hall–Kier alpha value is -0.220. The highest BCUT2D eigenvalue weighted by atomic mass is 32.2. The van der Waals surface area contributed by atoms with Crippen molar-refractivity contribution >= 4 is 17.7 Å². The molecule has 0 heterocycles. The Morgan fingerprint density at radius 3 is 2.47 bits per heavy atom. The summed E-state index contributed by atoms with van der Waals surface area (Å²) in [5.41, 5.74) is -0.663. The molecule has 1 fully saturated rings. The number of aliphatic carboxylic acids is 1. The first-order valence-corrected chi connectivity index (χ1v) is 6.64. The summed E-state index contributed by atoms with van der Waals surface area (Å²) >= 11 is 1.91. The summed E-state index contributed by atoms with van der Waals surface area (Å²) in [4.78, 5) is 10.9. The lowest BCUT2D eigenvalue weighted by Gasteiger charge is -2.41. The molecule has 1 saturated carbocycles. The molecule has 2 N–H and O–H groups in total. The minimum Gasteiger partial charge on any atom is -0.481 e. The van der Waals surface area contributed by atoms with Gasteiger partial charge < -0.3 is 10.4 Å². The number of rotatable bonds is 6. The van der Waals surface area contributed by atoms with Crippen LogP contribution < -0.4 is 5.32 Å². The number of hydrogen-bond acceptors (Lipinski definition) is 3. The zero-order chi connectivity index (χ0) is 11.5. The Kier molecular flexibility index (Phi) is 4.06. The van der Waals surface area contributed by atoms with E-state index >= 15 is 0 Å². The summed E-state index contributed by atoms with van der Waals surface area (Å²) in [6, 6.07) is 0. The molecule has 0 atom stereocenters. The van der Waals surface area contributed by atoms with Crippen molar-refractivity contribution in [3.05, 3.63) is 0 Å². The van der Waals surface area contributed by atoms with Gasteiger partial charge in [0.1, 0.15) is 0 Å². The third kappa shape index (κ3) is 3.11. The Balaban J connectivity index is 2.29. The second kappa shape index (κ2) is 4.74. The predicted molar refractivity (Wildman–Crippen MR) is 64.4 cm³/mol. The molecule has 1 aliphatic carbocycles. The molecular weight excluding hydrogens is 210 g/mol. The predicted octanol–water partition coefficient (Wildman–Crippen LogP) is 1.97. The SMILES string of the molecule is CSC1(CNCC(C)(C)C(=O)O)CCC1. The summed E-state index contributed by atoms with van der Waals surface area (Å²) in [5.74, 6) is -0.734. The normalized spacial score (nSPS) is 19.7. The highest BCUT2D eigenvalue weighted by molar-refractivity contribution is 8.00. The van der Waals surface area contributed by atoms with Crippen molar-refractivity contribution in [2.75, 3.05) is 19.3 Å². The lowest BCUT2D eigenvalue weighted by atomic mass is 9.83. The van der Waals surface area contributed by atoms with Crippen LogP contribution in [0.1, 0.15) is 33.1 Å². The van der Waals surface area contributed by atoms with E-state index in [2.05, 4.69) is 11.6 Å². The maximum absolute atomic E-state index is 10.9. The summed E-state index contributed by atoms with van der Waals surface area (Å²) in [6.45, 7) is 5.00. The Labute approximate surface area is 96.0 Å². The molecule has 4 heteroatoms. The van der Waals surface area contributed by atoms with Gasteiger partial charge in [-0.25, -0.2) is 0 Å². The molecule has 0 aromatic heterocycles. The summed E-state index contributed by atoms with van der Waals surface area (Å²) in [5, 5.41) is 12.3. The minimum absolute atomic E-state index is 0.384. The first-order chi connectivity index (χ1) is 6.92. The Morgan fingerprint density at radius 2 is 2.13 bits per heavy atom. The van der Waals surface area contributed by atoms with Crippen molar-refractivity contribution in [3.63, 3.8) is 0 Å². The van der Waals surface area contributed by atoms with Gasteiger partial charge in [0, 0.05) is 17.8 Å². The van der Waals surface area contributed by atoms with Gasteiger partial charge in [-0.15, -0.1) is 0 Å². The zero-order valence-corrected chi connectivity index (χ0v) is 10.6. The van der Waals surface area contributed by atoms with Crippen LogP contribution in [-0.2, 0) is 4.79 Å². The third-order valence-corrected chi connectivity index (χ3v) is 4.71. The molecule has 1 aliphatic rings. The van der Waals surface area contributed by atoms with Crippen LogP contribution in [0.2, 0.25) is 0 Å². The van der Waals surface area contributed by atoms with Crippen LogP contribution in [0.25, 0.3) is 0 Å². The molecule has 0 radical (unpaired) electrons. The fourth-order valence-electron chi connectivity index (χ4n) is 1.70. The lowest BCUT2D eigenvalue weighted by molar-refractivity contribution is -0.146. The minimum atomic E-state index is -0.734. The molecule has 88 valence electrons. The van der Waals surface area contributed by atoms with Gasteiger partial charge in [-0.2, -0.15) is 11.8 Å². The van der Waals surface area contributed by atoms with Crippen molar-refractivity contribution in [2.45, 2.75) is 37.9 Å². The van der Waals surface area contributed by atoms with Gasteiger partial charge >= 0.3 is 5.97 Å². The van der Waals surface area contributed by atoms with Crippen molar-refractivity contribution < 1.29 is 9.90 Å². The van der Waals surface area contributed by atoms with Crippen molar-refractivity contribution in [1.82, 2.24) is 5.32 Å². The first-order valence-electron chi connectivity index (χ1n) is 5.41. The molecule has 0 aromatic rings. The van der Waals surface area contributed by atoms with Gasteiger partial charge in [-0.05, 0) is 32.9 Å². The smallest absolute Gasteiger partial charge is 0.310 e. The molecule has 15 heavy (non-hydrogen) atoms. The fraction of sp³-hybridized carbons (Fsp3) is 0.909. The third-order valence-electron chi connectivity index (χ3n) is 3.29. The average Bonchev–Trinajstić information content (AvgIpc) is 2.09. The van der Waals surface area contributed by atoms with E-state index in [-0.39, 0.29) is 0 Å². The summed E-state index contributed by atoms with van der Waals surface area (Å²) < 4.78 is 0.384. The zero-order valence-electron chi connectivity index (χ0n) is 9.80. The maximum atomic E-state index is 10.9. The Bertz CT molecular complexity index is 231. The van der Waals surface area contributed by atoms with E-state index in [4.69, 9.17) is 5.11 Å². The van der Waals surface area contributed by atoms with Crippen LogP contribution in [0.3, 0.4) is 0 Å². The molecule has 0 amide bonds. The van der Waals surface area contributed by atoms with Gasteiger partial charge in [-0.1, -0.05) is 6.42 Å². The average molecular weight is 231 g/mol.